The van der Waals surface area contributed by atoms with E-state index in [2.05, 4.69) is 0 Å². The van der Waals surface area contributed by atoms with Crippen LogP contribution in [0.5, 0.6) is 0 Å². The second kappa shape index (κ2) is 5.13. The lowest BCUT2D eigenvalue weighted by molar-refractivity contribution is -0.135. The van der Waals surface area contributed by atoms with Gasteiger partial charge in [-0.05, 0) is 6.08 Å². The van der Waals surface area contributed by atoms with Crippen molar-refractivity contribution in [3.05, 3.63) is 11.9 Å². The first-order valence-corrected chi connectivity index (χ1v) is 5.58. The molecule has 1 saturated heterocycles. The van der Waals surface area contributed by atoms with Crippen LogP contribution in [0.2, 0.25) is 0 Å². The van der Waals surface area contributed by atoms with Gasteiger partial charge in [0.15, 0.2) is 5.83 Å². The zero-order valence-electron chi connectivity index (χ0n) is 9.76. The molecule has 2 heterocycles. The fourth-order valence-electron chi connectivity index (χ4n) is 2.15. The van der Waals surface area contributed by atoms with E-state index < -0.39 is 41.9 Å². The Bertz CT molecular complexity index is 397. The molecular weight excluding hydrogens is 245 g/mol. The van der Waals surface area contributed by atoms with Crippen LogP contribution in [0.3, 0.4) is 0 Å². The Morgan fingerprint density at radius 1 is 1.61 bits per heavy atom. The summed E-state index contributed by atoms with van der Waals surface area (Å²) < 4.78 is 23.5. The van der Waals surface area contributed by atoms with E-state index in [-0.39, 0.29) is 13.0 Å². The molecule has 0 bridgehead atoms. The average Bonchev–Trinajstić information content (AvgIpc) is 2.66. The Morgan fingerprint density at radius 3 is 3.00 bits per heavy atom. The molecule has 18 heavy (non-hydrogen) atoms. The van der Waals surface area contributed by atoms with Crippen LogP contribution in [0.1, 0.15) is 6.42 Å². The highest BCUT2D eigenvalue weighted by molar-refractivity contribution is 6.07. The van der Waals surface area contributed by atoms with Crippen LogP contribution in [0.4, 0.5) is 4.39 Å². The zero-order chi connectivity index (χ0) is 13.3. The maximum atomic E-state index is 13.2. The van der Waals surface area contributed by atoms with Crippen molar-refractivity contribution in [2.45, 2.75) is 24.7 Å². The molecule has 2 aliphatic rings. The number of nitrogens with one attached hydrogen (secondary N) is 1. The molecule has 2 rings (SSSR count). The molecule has 4 atom stereocenters. The third-order valence-electron chi connectivity index (χ3n) is 3.07. The molecule has 2 aliphatic heterocycles. The molecule has 0 aromatic heterocycles. The van der Waals surface area contributed by atoms with Gasteiger partial charge in [0.05, 0.1) is 24.7 Å². The highest BCUT2D eigenvalue weighted by Gasteiger charge is 2.42. The van der Waals surface area contributed by atoms with E-state index in [0.717, 1.165) is 6.08 Å². The van der Waals surface area contributed by atoms with Crippen molar-refractivity contribution < 1.29 is 28.6 Å². The number of halogens is 1. The van der Waals surface area contributed by atoms with Crippen molar-refractivity contribution in [1.82, 2.24) is 5.32 Å². The number of ether oxygens (including phenoxy) is 2. The van der Waals surface area contributed by atoms with Gasteiger partial charge in [0.2, 0.25) is 5.91 Å². The van der Waals surface area contributed by atoms with Gasteiger partial charge in [-0.15, -0.1) is 0 Å². The summed E-state index contributed by atoms with van der Waals surface area (Å²) in [6.07, 6.45) is -0.824. The predicted molar refractivity (Wildman–Crippen MR) is 57.0 cm³/mol. The first-order chi connectivity index (χ1) is 8.52. The molecule has 2 N–H and O–H groups in total. The standard InChI is InChI=1S/C11H14FNO5/c1-17-4-9-7(14)3-8(18-9)5-2-6(12)11(16)13-10(5)15/h2,5,7-9,14H,3-4H2,1H3,(H,13,15,16). The van der Waals surface area contributed by atoms with Crippen LogP contribution < -0.4 is 5.32 Å². The minimum absolute atomic E-state index is 0.192. The lowest BCUT2D eigenvalue weighted by atomic mass is 9.95. The van der Waals surface area contributed by atoms with Gasteiger partial charge in [0, 0.05) is 13.5 Å². The Morgan fingerprint density at radius 2 is 2.33 bits per heavy atom. The van der Waals surface area contributed by atoms with Gasteiger partial charge in [-0.2, -0.15) is 0 Å². The van der Waals surface area contributed by atoms with Gasteiger partial charge in [-0.25, -0.2) is 4.39 Å². The van der Waals surface area contributed by atoms with E-state index in [4.69, 9.17) is 9.47 Å². The van der Waals surface area contributed by atoms with E-state index in [1.165, 1.54) is 7.11 Å². The number of carbonyl (C=O) groups excluding carboxylic acids is 2. The molecule has 7 heteroatoms. The summed E-state index contributed by atoms with van der Waals surface area (Å²) in [6.45, 7) is 0.192. The number of hydrogen-bond acceptors (Lipinski definition) is 5. The summed E-state index contributed by atoms with van der Waals surface area (Å²) in [5.41, 5.74) is 0. The summed E-state index contributed by atoms with van der Waals surface area (Å²) in [5, 5.41) is 11.6. The second-order valence-corrected chi connectivity index (χ2v) is 4.33. The molecule has 2 amide bonds. The normalized spacial score (nSPS) is 36.5. The van der Waals surface area contributed by atoms with Crippen molar-refractivity contribution in [3.63, 3.8) is 0 Å². The van der Waals surface area contributed by atoms with Crippen molar-refractivity contribution in [1.29, 1.82) is 0 Å². The first kappa shape index (κ1) is 13.1. The van der Waals surface area contributed by atoms with Crippen molar-refractivity contribution in [2.24, 2.45) is 5.92 Å². The number of imide groups is 1. The van der Waals surface area contributed by atoms with Crippen LogP contribution in [0.15, 0.2) is 11.9 Å². The molecule has 0 aromatic rings. The maximum Gasteiger partial charge on any atom is 0.286 e. The van der Waals surface area contributed by atoms with E-state index >= 15 is 0 Å². The van der Waals surface area contributed by atoms with Crippen LogP contribution in [0.25, 0.3) is 0 Å². The molecule has 0 aromatic carbocycles. The summed E-state index contributed by atoms with van der Waals surface area (Å²) in [4.78, 5) is 22.5. The number of hydrogen-bond donors (Lipinski definition) is 2. The molecule has 6 nitrogen and oxygen atoms in total. The minimum atomic E-state index is -1.04. The van der Waals surface area contributed by atoms with E-state index in [9.17, 15) is 19.1 Å². The van der Waals surface area contributed by atoms with Crippen LogP contribution in [-0.2, 0) is 19.1 Å². The topological polar surface area (TPSA) is 84.9 Å². The van der Waals surface area contributed by atoms with Gasteiger partial charge in [0.1, 0.15) is 6.10 Å². The Labute approximate surface area is 103 Å². The molecule has 0 spiro atoms. The highest BCUT2D eigenvalue weighted by Crippen LogP contribution is 2.29. The number of rotatable bonds is 3. The molecule has 4 unspecified atom stereocenters. The van der Waals surface area contributed by atoms with Gasteiger partial charge < -0.3 is 14.6 Å². The highest BCUT2D eigenvalue weighted by atomic mass is 19.1. The van der Waals surface area contributed by atoms with E-state index in [1.54, 1.807) is 0 Å². The number of methoxy groups -OCH3 is 1. The number of amides is 2. The molecular formula is C11H14FNO5. The average molecular weight is 259 g/mol. The molecule has 1 fully saturated rings. The first-order valence-electron chi connectivity index (χ1n) is 5.58. The summed E-state index contributed by atoms with van der Waals surface area (Å²) in [5.74, 6) is -3.56. The lowest BCUT2D eigenvalue weighted by Gasteiger charge is -2.22. The van der Waals surface area contributed by atoms with Crippen LogP contribution in [-0.4, -0.2) is 48.9 Å². The monoisotopic (exact) mass is 259 g/mol. The molecule has 0 aliphatic carbocycles. The molecule has 0 radical (unpaired) electrons. The van der Waals surface area contributed by atoms with Gasteiger partial charge in [-0.1, -0.05) is 0 Å². The van der Waals surface area contributed by atoms with Crippen molar-refractivity contribution in [2.75, 3.05) is 13.7 Å². The third-order valence-corrected chi connectivity index (χ3v) is 3.07. The summed E-state index contributed by atoms with van der Waals surface area (Å²) in [7, 11) is 1.47. The van der Waals surface area contributed by atoms with Crippen molar-refractivity contribution >= 4 is 11.8 Å². The number of aliphatic hydroxyl groups excluding tert-OH is 1. The van der Waals surface area contributed by atoms with Gasteiger partial charge in [-0.3, -0.25) is 14.9 Å². The Kier molecular flexibility index (Phi) is 3.74. The van der Waals surface area contributed by atoms with E-state index in [0.29, 0.717) is 0 Å². The quantitative estimate of drug-likeness (QED) is 0.653. The lowest BCUT2D eigenvalue weighted by Crippen LogP contribution is -2.44. The van der Waals surface area contributed by atoms with E-state index in [1.807, 2.05) is 5.32 Å². The number of aliphatic hydroxyl groups is 1. The largest absolute Gasteiger partial charge is 0.390 e. The fraction of sp³-hybridized carbons (Fsp3) is 0.636. The summed E-state index contributed by atoms with van der Waals surface area (Å²) in [6, 6.07) is 0. The van der Waals surface area contributed by atoms with Crippen LogP contribution >= 0.6 is 0 Å². The smallest absolute Gasteiger partial charge is 0.286 e. The second-order valence-electron chi connectivity index (χ2n) is 4.33. The third kappa shape index (κ3) is 2.43. The van der Waals surface area contributed by atoms with Crippen LogP contribution in [0, 0.1) is 5.92 Å². The summed E-state index contributed by atoms with van der Waals surface area (Å²) >= 11 is 0. The van der Waals surface area contributed by atoms with Gasteiger partial charge in [0.25, 0.3) is 5.91 Å². The maximum absolute atomic E-state index is 13.2. The number of carbonyl (C=O) groups is 2. The molecule has 100 valence electrons. The minimum Gasteiger partial charge on any atom is -0.390 e. The van der Waals surface area contributed by atoms with Crippen molar-refractivity contribution in [3.8, 4) is 0 Å². The van der Waals surface area contributed by atoms with Gasteiger partial charge >= 0.3 is 0 Å². The predicted octanol–water partition coefficient (Wildman–Crippen LogP) is -0.723. The SMILES string of the molecule is COCC1OC(C2C=C(F)C(=O)NC2=O)CC1O. The fourth-order valence-corrected chi connectivity index (χ4v) is 2.15. The Hall–Kier alpha value is -1.31. The Balaban J connectivity index is 2.09. The molecule has 0 saturated carbocycles. The zero-order valence-corrected chi connectivity index (χ0v) is 9.76.